The highest BCUT2D eigenvalue weighted by Gasteiger charge is 2.24. The number of anilines is 1. The Morgan fingerprint density at radius 1 is 1.42 bits per heavy atom. The summed E-state index contributed by atoms with van der Waals surface area (Å²) in [6, 6.07) is 4.38. The van der Waals surface area contributed by atoms with Crippen LogP contribution in [0, 0.1) is 0 Å². The summed E-state index contributed by atoms with van der Waals surface area (Å²) >= 11 is 7.37. The van der Waals surface area contributed by atoms with Crippen LogP contribution >= 0.6 is 22.9 Å². The number of hydrogen-bond donors (Lipinski definition) is 4. The van der Waals surface area contributed by atoms with Crippen LogP contribution < -0.4 is 21.9 Å². The van der Waals surface area contributed by atoms with Gasteiger partial charge in [-0.2, -0.15) is 0 Å². The smallest absolute Gasteiger partial charge is 0.281 e. The number of halogens is 3. The lowest BCUT2D eigenvalue weighted by molar-refractivity contribution is 0.0938. The number of carbonyl (C=O) groups is 1. The summed E-state index contributed by atoms with van der Waals surface area (Å²) in [6.07, 6.45) is 2.24. The number of thiophene rings is 1. The number of nitrogens with one attached hydrogen (secondary N) is 2. The first-order valence-electron chi connectivity index (χ1n) is 9.48. The number of fused-ring (bicyclic) bond motifs is 1. The van der Waals surface area contributed by atoms with Crippen molar-refractivity contribution < 1.29 is 13.6 Å². The average Bonchev–Trinajstić information content (AvgIpc) is 3.53. The molecule has 0 radical (unpaired) electrons. The molecule has 4 rings (SSSR count). The van der Waals surface area contributed by atoms with Crippen LogP contribution in [-0.2, 0) is 0 Å². The standard InChI is InChI=1S/C19H18ClF2N9OS/c1-9(17-26-8-27-29-17)28-19(32)10-4-11(31(24)12(5-23)16(21)22)18-25-6-13(30(18)7-10)14-2-3-15(20)33-14/h2-9,16H,23-24H2,1H3,(H,28,32)(H,26,27,29)/b12-5-/t9-/m0/s1. The number of aromatic amines is 1. The lowest BCUT2D eigenvalue weighted by Gasteiger charge is -2.22. The molecule has 0 unspecified atom stereocenters. The molecule has 0 fully saturated rings. The van der Waals surface area contributed by atoms with E-state index in [1.165, 1.54) is 23.7 Å². The first-order chi connectivity index (χ1) is 15.8. The minimum Gasteiger partial charge on any atom is -0.403 e. The molecule has 14 heteroatoms. The molecule has 1 amide bonds. The molecule has 4 aromatic heterocycles. The molecule has 0 aromatic carbocycles. The molecule has 4 heterocycles. The van der Waals surface area contributed by atoms with Crippen molar-refractivity contribution in [2.75, 3.05) is 5.01 Å². The van der Waals surface area contributed by atoms with Crippen LogP contribution in [0.1, 0.15) is 29.1 Å². The van der Waals surface area contributed by atoms with Crippen molar-refractivity contribution in [2.24, 2.45) is 11.6 Å². The zero-order valence-electron chi connectivity index (χ0n) is 17.0. The molecule has 0 aliphatic heterocycles. The summed E-state index contributed by atoms with van der Waals surface area (Å²) in [7, 11) is 0. The van der Waals surface area contributed by atoms with Gasteiger partial charge in [0.05, 0.1) is 32.7 Å². The molecule has 0 bridgehead atoms. The van der Waals surface area contributed by atoms with Crippen LogP contribution in [0.5, 0.6) is 0 Å². The van der Waals surface area contributed by atoms with Gasteiger partial charge in [-0.3, -0.25) is 14.2 Å². The van der Waals surface area contributed by atoms with Gasteiger partial charge in [-0.25, -0.2) is 19.6 Å². The van der Waals surface area contributed by atoms with Gasteiger partial charge < -0.3 is 16.0 Å². The largest absolute Gasteiger partial charge is 0.403 e. The maximum atomic E-state index is 13.5. The summed E-state index contributed by atoms with van der Waals surface area (Å²) in [5, 5.41) is 11.1. The van der Waals surface area contributed by atoms with Crippen molar-refractivity contribution in [3.8, 4) is 10.6 Å². The number of H-pyrrole nitrogens is 1. The van der Waals surface area contributed by atoms with E-state index in [-0.39, 0.29) is 16.9 Å². The number of alkyl halides is 2. The highest BCUT2D eigenvalue weighted by Crippen LogP contribution is 2.34. The first-order valence-corrected chi connectivity index (χ1v) is 10.7. The fraction of sp³-hybridized carbons (Fsp3) is 0.158. The molecule has 0 saturated carbocycles. The normalized spacial score (nSPS) is 13.0. The van der Waals surface area contributed by atoms with Gasteiger partial charge in [-0.15, -0.1) is 21.5 Å². The van der Waals surface area contributed by atoms with Crippen molar-refractivity contribution in [1.29, 1.82) is 0 Å². The Labute approximate surface area is 194 Å². The Kier molecular flexibility index (Phi) is 6.26. The van der Waals surface area contributed by atoms with Gasteiger partial charge in [0.1, 0.15) is 17.7 Å². The third kappa shape index (κ3) is 4.37. The summed E-state index contributed by atoms with van der Waals surface area (Å²) in [4.78, 5) is 21.0. The molecule has 0 aliphatic rings. The predicted molar refractivity (Wildman–Crippen MR) is 121 cm³/mol. The number of allylic oxidation sites excluding steroid dienone is 1. The van der Waals surface area contributed by atoms with Crippen LogP contribution in [0.15, 0.2) is 48.8 Å². The van der Waals surface area contributed by atoms with Gasteiger partial charge in [0, 0.05) is 12.4 Å². The fourth-order valence-corrected chi connectivity index (χ4v) is 4.23. The molecular formula is C19H18ClF2N9OS. The van der Waals surface area contributed by atoms with Gasteiger partial charge in [-0.1, -0.05) is 11.6 Å². The number of amides is 1. The van der Waals surface area contributed by atoms with E-state index in [2.05, 4.69) is 25.5 Å². The maximum absolute atomic E-state index is 13.5. The Bertz CT molecular complexity index is 1320. The Hall–Kier alpha value is -3.55. The summed E-state index contributed by atoms with van der Waals surface area (Å²) in [5.74, 6) is 5.96. The monoisotopic (exact) mass is 493 g/mol. The summed E-state index contributed by atoms with van der Waals surface area (Å²) < 4.78 is 29.1. The summed E-state index contributed by atoms with van der Waals surface area (Å²) in [5.41, 5.74) is 5.78. The second-order valence-electron chi connectivity index (χ2n) is 6.89. The molecule has 33 heavy (non-hydrogen) atoms. The van der Waals surface area contributed by atoms with E-state index >= 15 is 0 Å². The van der Waals surface area contributed by atoms with E-state index in [4.69, 9.17) is 23.2 Å². The second kappa shape index (κ2) is 9.13. The van der Waals surface area contributed by atoms with Crippen LogP contribution in [0.4, 0.5) is 14.5 Å². The van der Waals surface area contributed by atoms with E-state index < -0.39 is 24.1 Å². The van der Waals surface area contributed by atoms with E-state index in [0.717, 1.165) is 9.89 Å². The van der Waals surface area contributed by atoms with E-state index in [1.807, 2.05) is 0 Å². The first kappa shape index (κ1) is 22.6. The van der Waals surface area contributed by atoms with Crippen LogP contribution in [-0.4, -0.2) is 36.9 Å². The molecule has 0 spiro atoms. The van der Waals surface area contributed by atoms with Gasteiger partial charge in [0.15, 0.2) is 11.5 Å². The van der Waals surface area contributed by atoms with E-state index in [0.29, 0.717) is 22.1 Å². The van der Waals surface area contributed by atoms with Crippen molar-refractivity contribution >= 4 is 40.2 Å². The van der Waals surface area contributed by atoms with Crippen LogP contribution in [0.3, 0.4) is 0 Å². The Balaban J connectivity index is 1.83. The van der Waals surface area contributed by atoms with E-state index in [1.54, 1.807) is 35.9 Å². The quantitative estimate of drug-likeness (QED) is 0.229. The molecule has 0 saturated heterocycles. The van der Waals surface area contributed by atoms with Crippen LogP contribution in [0.25, 0.3) is 16.2 Å². The molecular weight excluding hydrogens is 476 g/mol. The topological polar surface area (TPSA) is 143 Å². The highest BCUT2D eigenvalue weighted by atomic mass is 35.5. The number of nitrogens with two attached hydrogens (primary N) is 2. The molecule has 1 atom stereocenters. The number of hydrazine groups is 1. The number of nitrogens with zero attached hydrogens (tertiary/aromatic N) is 5. The average molecular weight is 494 g/mol. The fourth-order valence-electron chi connectivity index (χ4n) is 3.18. The number of rotatable bonds is 7. The molecule has 10 nitrogen and oxygen atoms in total. The lowest BCUT2D eigenvalue weighted by Crippen LogP contribution is -2.35. The minimum absolute atomic E-state index is 0.0564. The zero-order chi connectivity index (χ0) is 23.7. The number of imidazole rings is 1. The molecule has 6 N–H and O–H groups in total. The molecule has 172 valence electrons. The summed E-state index contributed by atoms with van der Waals surface area (Å²) in [6.45, 7) is 1.72. The van der Waals surface area contributed by atoms with Gasteiger partial charge >= 0.3 is 0 Å². The SMILES string of the molecule is C[C@H](NC(=O)c1cc(N(N)/C(=C\N)C(F)F)c2ncc(-c3ccc(Cl)s3)n2c1)c1nnc[nH]1. The maximum Gasteiger partial charge on any atom is 0.281 e. The van der Waals surface area contributed by atoms with Crippen molar-refractivity contribution in [3.05, 3.63) is 64.5 Å². The van der Waals surface area contributed by atoms with Gasteiger partial charge in [0.25, 0.3) is 12.3 Å². The van der Waals surface area contributed by atoms with E-state index in [9.17, 15) is 13.6 Å². The zero-order valence-corrected chi connectivity index (χ0v) is 18.6. The highest BCUT2D eigenvalue weighted by molar-refractivity contribution is 7.19. The van der Waals surface area contributed by atoms with Crippen molar-refractivity contribution in [3.63, 3.8) is 0 Å². The van der Waals surface area contributed by atoms with Gasteiger partial charge in [-0.05, 0) is 25.1 Å². The second-order valence-corrected chi connectivity index (χ2v) is 8.60. The Morgan fingerprint density at radius 2 is 2.21 bits per heavy atom. The van der Waals surface area contributed by atoms with Crippen molar-refractivity contribution in [1.82, 2.24) is 29.9 Å². The third-order valence-corrected chi connectivity index (χ3v) is 6.05. The Morgan fingerprint density at radius 3 is 2.82 bits per heavy atom. The number of hydrogen-bond acceptors (Lipinski definition) is 8. The lowest BCUT2D eigenvalue weighted by atomic mass is 10.2. The predicted octanol–water partition coefficient (Wildman–Crippen LogP) is 3.07. The van der Waals surface area contributed by atoms with Gasteiger partial charge in [0.2, 0.25) is 0 Å². The third-order valence-electron chi connectivity index (χ3n) is 4.80. The minimum atomic E-state index is -2.95. The van der Waals surface area contributed by atoms with Crippen molar-refractivity contribution in [2.45, 2.75) is 19.4 Å². The number of pyridine rings is 1. The van der Waals surface area contributed by atoms with Crippen LogP contribution in [0.2, 0.25) is 4.34 Å². The number of carbonyl (C=O) groups excluding carboxylic acids is 1. The number of aromatic nitrogens is 5. The molecule has 0 aliphatic carbocycles. The molecule has 4 aromatic rings.